The molecule has 0 aliphatic rings. The molecular weight excluding hydrogens is 454 g/mol. The topological polar surface area (TPSA) is 90.9 Å². The fourth-order valence-corrected chi connectivity index (χ4v) is 4.20. The lowest BCUT2D eigenvalue weighted by Gasteiger charge is -2.06. The Balaban J connectivity index is 1.67. The summed E-state index contributed by atoms with van der Waals surface area (Å²) in [5, 5.41) is 2.90. The van der Waals surface area contributed by atoms with Crippen molar-refractivity contribution >= 4 is 40.3 Å². The van der Waals surface area contributed by atoms with Crippen molar-refractivity contribution in [3.63, 3.8) is 0 Å². The Bertz CT molecular complexity index is 1180. The molecule has 8 heteroatoms. The van der Waals surface area contributed by atoms with Crippen LogP contribution in [-0.2, 0) is 20.9 Å². The highest BCUT2D eigenvalue weighted by Gasteiger charge is 2.26. The number of methoxy groups -OCH3 is 1. The smallest absolute Gasteiger partial charge is 0.348 e. The number of nitrogens with one attached hydrogen (secondary N) is 1. The highest BCUT2D eigenvalue weighted by molar-refractivity contribution is 7.18. The molecule has 1 heterocycles. The first-order chi connectivity index (χ1) is 16.4. The Morgan fingerprint density at radius 1 is 1.00 bits per heavy atom. The first-order valence-corrected chi connectivity index (χ1v) is 11.4. The second-order valence-corrected chi connectivity index (χ2v) is 8.16. The van der Waals surface area contributed by atoms with Crippen LogP contribution in [0.15, 0.2) is 60.7 Å². The quantitative estimate of drug-likeness (QED) is 0.333. The van der Waals surface area contributed by atoms with Gasteiger partial charge in [-0.3, -0.25) is 4.79 Å². The molecular formula is C26H25NO6S. The van der Waals surface area contributed by atoms with Gasteiger partial charge in [0.15, 0.2) is 0 Å². The largest absolute Gasteiger partial charge is 0.489 e. The van der Waals surface area contributed by atoms with Gasteiger partial charge in [-0.05, 0) is 48.7 Å². The predicted octanol–water partition coefficient (Wildman–Crippen LogP) is 5.25. The maximum atomic E-state index is 12.5. The Morgan fingerprint density at radius 3 is 2.35 bits per heavy atom. The van der Waals surface area contributed by atoms with Crippen molar-refractivity contribution in [1.82, 2.24) is 0 Å². The lowest BCUT2D eigenvalue weighted by Crippen LogP contribution is -2.12. The predicted molar refractivity (Wildman–Crippen MR) is 131 cm³/mol. The van der Waals surface area contributed by atoms with Crippen molar-refractivity contribution in [2.45, 2.75) is 20.5 Å². The summed E-state index contributed by atoms with van der Waals surface area (Å²) in [6, 6.07) is 17.2. The van der Waals surface area contributed by atoms with Crippen LogP contribution >= 0.6 is 11.3 Å². The van der Waals surface area contributed by atoms with Crippen LogP contribution < -0.4 is 10.1 Å². The molecule has 0 saturated heterocycles. The molecule has 0 radical (unpaired) electrons. The van der Waals surface area contributed by atoms with Crippen LogP contribution in [0.3, 0.4) is 0 Å². The molecule has 1 aromatic heterocycles. The average molecular weight is 480 g/mol. The number of rotatable bonds is 9. The van der Waals surface area contributed by atoms with Gasteiger partial charge in [0.2, 0.25) is 5.91 Å². The fraction of sp³-hybridized carbons (Fsp3) is 0.192. The molecule has 0 bridgehead atoms. The van der Waals surface area contributed by atoms with Crippen molar-refractivity contribution in [2.75, 3.05) is 19.0 Å². The van der Waals surface area contributed by atoms with Gasteiger partial charge in [0.1, 0.15) is 22.2 Å². The number of carbonyl (C=O) groups excluding carboxylic acids is 3. The molecule has 0 atom stereocenters. The number of hydrogen-bond donors (Lipinski definition) is 1. The van der Waals surface area contributed by atoms with Gasteiger partial charge < -0.3 is 19.5 Å². The first-order valence-electron chi connectivity index (χ1n) is 10.6. The maximum absolute atomic E-state index is 12.5. The molecule has 3 aromatic rings. The van der Waals surface area contributed by atoms with Crippen LogP contribution in [0.1, 0.15) is 43.6 Å². The number of carbonyl (C=O) groups is 3. The number of thiophene rings is 1. The van der Waals surface area contributed by atoms with Crippen molar-refractivity contribution in [1.29, 1.82) is 0 Å². The molecule has 0 saturated carbocycles. The molecule has 0 unspecified atom stereocenters. The Kier molecular flexibility index (Phi) is 8.59. The molecule has 0 fully saturated rings. The highest BCUT2D eigenvalue weighted by atomic mass is 32.1. The lowest BCUT2D eigenvalue weighted by atomic mass is 10.1. The van der Waals surface area contributed by atoms with Crippen LogP contribution in [0, 0.1) is 6.92 Å². The van der Waals surface area contributed by atoms with E-state index in [1.165, 1.54) is 13.2 Å². The lowest BCUT2D eigenvalue weighted by molar-refractivity contribution is -0.111. The van der Waals surface area contributed by atoms with Gasteiger partial charge in [-0.1, -0.05) is 42.5 Å². The molecule has 3 rings (SSSR count). The third-order valence-electron chi connectivity index (χ3n) is 4.79. The monoisotopic (exact) mass is 479 g/mol. The van der Waals surface area contributed by atoms with E-state index in [4.69, 9.17) is 14.2 Å². The zero-order valence-electron chi connectivity index (χ0n) is 19.1. The summed E-state index contributed by atoms with van der Waals surface area (Å²) in [7, 11) is 1.25. The number of amides is 1. The molecule has 0 aliphatic carbocycles. The van der Waals surface area contributed by atoms with Crippen LogP contribution in [0.2, 0.25) is 0 Å². The van der Waals surface area contributed by atoms with Crippen LogP contribution in [0.4, 0.5) is 5.00 Å². The number of benzene rings is 2. The Morgan fingerprint density at radius 2 is 1.71 bits per heavy atom. The normalized spacial score (nSPS) is 10.7. The SMILES string of the molecule is CCOC(=O)c1c(NC(=O)/C=C/c2ccc(OCc3ccccc3)cc2)sc(C(=O)OC)c1C. The van der Waals surface area contributed by atoms with Gasteiger partial charge >= 0.3 is 11.9 Å². The van der Waals surface area contributed by atoms with E-state index in [0.29, 0.717) is 17.9 Å². The van der Waals surface area contributed by atoms with E-state index < -0.39 is 17.8 Å². The number of hydrogen-bond acceptors (Lipinski definition) is 7. The molecule has 2 aromatic carbocycles. The molecule has 34 heavy (non-hydrogen) atoms. The summed E-state index contributed by atoms with van der Waals surface area (Å²) in [6.45, 7) is 3.93. The van der Waals surface area contributed by atoms with E-state index in [9.17, 15) is 14.4 Å². The van der Waals surface area contributed by atoms with E-state index >= 15 is 0 Å². The summed E-state index contributed by atoms with van der Waals surface area (Å²) in [4.78, 5) is 37.2. The third-order valence-corrected chi connectivity index (χ3v) is 5.98. The minimum atomic E-state index is -0.614. The van der Waals surface area contributed by atoms with Crippen LogP contribution in [0.5, 0.6) is 5.75 Å². The van der Waals surface area contributed by atoms with Gasteiger partial charge in [0.05, 0.1) is 19.3 Å². The molecule has 7 nitrogen and oxygen atoms in total. The zero-order valence-corrected chi connectivity index (χ0v) is 19.9. The van der Waals surface area contributed by atoms with Crippen LogP contribution in [-0.4, -0.2) is 31.6 Å². The van der Waals surface area contributed by atoms with Gasteiger partial charge in [0.25, 0.3) is 0 Å². The van der Waals surface area contributed by atoms with Gasteiger partial charge in [-0.2, -0.15) is 0 Å². The minimum absolute atomic E-state index is 0.147. The second-order valence-electron chi connectivity index (χ2n) is 7.14. The van der Waals surface area contributed by atoms with E-state index in [2.05, 4.69) is 5.32 Å². The second kappa shape index (κ2) is 11.8. The third kappa shape index (κ3) is 6.32. The van der Waals surface area contributed by atoms with E-state index in [-0.39, 0.29) is 22.0 Å². The average Bonchev–Trinajstić information content (AvgIpc) is 3.17. The highest BCUT2D eigenvalue weighted by Crippen LogP contribution is 2.34. The van der Waals surface area contributed by atoms with E-state index in [1.807, 2.05) is 54.6 Å². The number of ether oxygens (including phenoxy) is 3. The summed E-state index contributed by atoms with van der Waals surface area (Å²) < 4.78 is 15.6. The fourth-order valence-electron chi connectivity index (χ4n) is 3.08. The summed E-state index contributed by atoms with van der Waals surface area (Å²) in [6.07, 6.45) is 2.99. The Hall–Kier alpha value is -3.91. The first kappa shape index (κ1) is 24.7. The summed E-state index contributed by atoms with van der Waals surface area (Å²) in [5.41, 5.74) is 2.42. The van der Waals surface area contributed by atoms with Crippen molar-refractivity contribution in [3.8, 4) is 5.75 Å². The molecule has 0 spiro atoms. The molecule has 0 aliphatic heterocycles. The Labute approximate surface area is 202 Å². The molecule has 176 valence electrons. The molecule has 1 N–H and O–H groups in total. The van der Waals surface area contributed by atoms with Crippen molar-refractivity contribution in [3.05, 3.63) is 87.8 Å². The van der Waals surface area contributed by atoms with Gasteiger partial charge in [-0.15, -0.1) is 11.3 Å². The van der Waals surface area contributed by atoms with Crippen LogP contribution in [0.25, 0.3) is 6.08 Å². The van der Waals surface area contributed by atoms with Crippen molar-refractivity contribution < 1.29 is 28.6 Å². The number of esters is 2. The standard InChI is InChI=1S/C26H25NO6S/c1-4-32-25(29)22-17(2)23(26(30)31-3)34-24(22)27-21(28)15-12-18-10-13-20(14-11-18)33-16-19-8-6-5-7-9-19/h5-15H,4,16H2,1-3H3,(H,27,28)/b15-12+. The molecule has 1 amide bonds. The van der Waals surface area contributed by atoms with Gasteiger partial charge in [0, 0.05) is 6.08 Å². The van der Waals surface area contributed by atoms with Gasteiger partial charge in [-0.25, -0.2) is 9.59 Å². The van der Waals surface area contributed by atoms with E-state index in [0.717, 1.165) is 22.5 Å². The summed E-state index contributed by atoms with van der Waals surface area (Å²) >= 11 is 0.971. The van der Waals surface area contributed by atoms with E-state index in [1.54, 1.807) is 19.9 Å². The zero-order chi connectivity index (χ0) is 24.5. The maximum Gasteiger partial charge on any atom is 0.348 e. The minimum Gasteiger partial charge on any atom is -0.489 e. The summed E-state index contributed by atoms with van der Waals surface area (Å²) in [5.74, 6) is -0.933. The number of anilines is 1. The van der Waals surface area contributed by atoms with Crippen molar-refractivity contribution in [2.24, 2.45) is 0 Å².